The molecule has 0 bridgehead atoms. The van der Waals surface area contributed by atoms with Crippen LogP contribution in [0.3, 0.4) is 0 Å². The minimum Gasteiger partial charge on any atom is -0.396 e. The number of aryl methyl sites for hydroxylation is 1. The second-order valence-corrected chi connectivity index (χ2v) is 5.81. The van der Waals surface area contributed by atoms with E-state index in [9.17, 15) is 4.79 Å². The van der Waals surface area contributed by atoms with E-state index in [2.05, 4.69) is 16.8 Å². The molecule has 1 aromatic heterocycles. The minimum absolute atomic E-state index is 0.0264. The number of carbonyl (C=O) groups is 1. The van der Waals surface area contributed by atoms with Crippen molar-refractivity contribution in [2.45, 2.75) is 52.6 Å². The van der Waals surface area contributed by atoms with Crippen LogP contribution in [0.15, 0.2) is 6.07 Å². The molecule has 1 aliphatic carbocycles. The van der Waals surface area contributed by atoms with Gasteiger partial charge in [-0.15, -0.1) is 0 Å². The fraction of sp³-hybridized carbons (Fsp3) is 0.667. The summed E-state index contributed by atoms with van der Waals surface area (Å²) in [5.41, 5.74) is 2.98. The highest BCUT2D eigenvalue weighted by molar-refractivity contribution is 5.95. The fourth-order valence-electron chi connectivity index (χ4n) is 2.49. The molecule has 4 nitrogen and oxygen atoms in total. The molecule has 0 aliphatic heterocycles. The van der Waals surface area contributed by atoms with Crippen LogP contribution >= 0.6 is 0 Å². The summed E-state index contributed by atoms with van der Waals surface area (Å²) in [4.78, 5) is 12.3. The van der Waals surface area contributed by atoms with E-state index >= 15 is 0 Å². The van der Waals surface area contributed by atoms with Crippen LogP contribution in [0.4, 0.5) is 0 Å². The molecule has 1 amide bonds. The first-order valence-electron chi connectivity index (χ1n) is 7.05. The number of carbonyl (C=O) groups excluding carboxylic acids is 1. The van der Waals surface area contributed by atoms with Crippen molar-refractivity contribution in [2.24, 2.45) is 5.92 Å². The van der Waals surface area contributed by atoms with Crippen LogP contribution < -0.4 is 5.32 Å². The Hall–Kier alpha value is -1.29. The SMILES string of the molecule is Cc1cc(C(=O)NC(C)C(C)CO)c(C)n1C1CC1. The highest BCUT2D eigenvalue weighted by Crippen LogP contribution is 2.38. The predicted molar refractivity (Wildman–Crippen MR) is 75.4 cm³/mol. The smallest absolute Gasteiger partial charge is 0.253 e. The quantitative estimate of drug-likeness (QED) is 0.856. The van der Waals surface area contributed by atoms with Crippen LogP contribution in [-0.2, 0) is 0 Å². The number of rotatable bonds is 5. The standard InChI is InChI=1S/C15H24N2O2/c1-9(8-18)11(3)16-15(19)14-7-10(2)17(12(14)4)13-5-6-13/h7,9,11,13,18H,5-6,8H2,1-4H3,(H,16,19). The zero-order valence-corrected chi connectivity index (χ0v) is 12.2. The zero-order chi connectivity index (χ0) is 14.2. The van der Waals surface area contributed by atoms with Crippen LogP contribution in [0, 0.1) is 19.8 Å². The summed E-state index contributed by atoms with van der Waals surface area (Å²) in [6.07, 6.45) is 2.44. The first kappa shape index (κ1) is 14.1. The Morgan fingerprint density at radius 1 is 1.47 bits per heavy atom. The molecular formula is C15H24N2O2. The number of nitrogens with one attached hydrogen (secondary N) is 1. The molecule has 19 heavy (non-hydrogen) atoms. The Morgan fingerprint density at radius 2 is 2.11 bits per heavy atom. The van der Waals surface area contributed by atoms with Crippen LogP contribution in [0.2, 0.25) is 0 Å². The van der Waals surface area contributed by atoms with E-state index in [4.69, 9.17) is 5.11 Å². The molecule has 0 radical (unpaired) electrons. The Balaban J connectivity index is 2.13. The van der Waals surface area contributed by atoms with E-state index < -0.39 is 0 Å². The van der Waals surface area contributed by atoms with Crippen molar-refractivity contribution in [3.63, 3.8) is 0 Å². The summed E-state index contributed by atoms with van der Waals surface area (Å²) in [7, 11) is 0. The third kappa shape index (κ3) is 2.84. The van der Waals surface area contributed by atoms with Crippen molar-refractivity contribution >= 4 is 5.91 Å². The average molecular weight is 264 g/mol. The van der Waals surface area contributed by atoms with E-state index in [1.165, 1.54) is 12.8 Å². The maximum atomic E-state index is 12.3. The zero-order valence-electron chi connectivity index (χ0n) is 12.2. The molecule has 1 saturated carbocycles. The van der Waals surface area contributed by atoms with Gasteiger partial charge in [-0.3, -0.25) is 4.79 Å². The molecule has 2 rings (SSSR count). The topological polar surface area (TPSA) is 54.3 Å². The van der Waals surface area contributed by atoms with Gasteiger partial charge in [0.1, 0.15) is 0 Å². The van der Waals surface area contributed by atoms with Crippen molar-refractivity contribution in [3.05, 3.63) is 23.0 Å². The number of hydrogen-bond acceptors (Lipinski definition) is 2. The van der Waals surface area contributed by atoms with Crippen molar-refractivity contribution in [1.82, 2.24) is 9.88 Å². The van der Waals surface area contributed by atoms with Crippen LogP contribution in [0.25, 0.3) is 0 Å². The lowest BCUT2D eigenvalue weighted by Gasteiger charge is -2.19. The van der Waals surface area contributed by atoms with Crippen LogP contribution in [0.5, 0.6) is 0 Å². The summed E-state index contributed by atoms with van der Waals surface area (Å²) in [5, 5.41) is 12.1. The summed E-state index contributed by atoms with van der Waals surface area (Å²) in [6.45, 7) is 8.02. The minimum atomic E-state index is -0.0344. The molecular weight excluding hydrogens is 240 g/mol. The number of nitrogens with zero attached hydrogens (tertiary/aromatic N) is 1. The molecule has 1 heterocycles. The predicted octanol–water partition coefficient (Wildman–Crippen LogP) is 2.19. The maximum Gasteiger partial charge on any atom is 0.253 e. The Morgan fingerprint density at radius 3 is 2.63 bits per heavy atom. The highest BCUT2D eigenvalue weighted by Gasteiger charge is 2.28. The van der Waals surface area contributed by atoms with Crippen LogP contribution in [0.1, 0.15) is 54.5 Å². The Kier molecular flexibility index (Phi) is 3.99. The van der Waals surface area contributed by atoms with Gasteiger partial charge in [0.2, 0.25) is 0 Å². The molecule has 1 fully saturated rings. The van der Waals surface area contributed by atoms with Crippen molar-refractivity contribution in [3.8, 4) is 0 Å². The van der Waals surface area contributed by atoms with Gasteiger partial charge in [-0.25, -0.2) is 0 Å². The van der Waals surface area contributed by atoms with Gasteiger partial charge in [-0.2, -0.15) is 0 Å². The fourth-order valence-corrected chi connectivity index (χ4v) is 2.49. The van der Waals surface area contributed by atoms with Gasteiger partial charge in [-0.05, 0) is 45.6 Å². The van der Waals surface area contributed by atoms with Gasteiger partial charge in [0.05, 0.1) is 5.56 Å². The second kappa shape index (κ2) is 5.37. The normalized spacial score (nSPS) is 18.2. The van der Waals surface area contributed by atoms with E-state index in [1.807, 2.05) is 26.8 Å². The Labute approximate surface area is 114 Å². The van der Waals surface area contributed by atoms with Crippen molar-refractivity contribution in [1.29, 1.82) is 0 Å². The molecule has 1 aromatic rings. The highest BCUT2D eigenvalue weighted by atomic mass is 16.3. The first-order chi connectivity index (χ1) is 8.95. The number of hydrogen-bond donors (Lipinski definition) is 2. The van der Waals surface area contributed by atoms with Gasteiger partial charge < -0.3 is 15.0 Å². The average Bonchev–Trinajstić information content (AvgIpc) is 3.14. The molecule has 1 aliphatic rings. The van der Waals surface area contributed by atoms with E-state index in [0.717, 1.165) is 17.0 Å². The van der Waals surface area contributed by atoms with Gasteiger partial charge in [0, 0.05) is 30.1 Å². The summed E-state index contributed by atoms with van der Waals surface area (Å²) in [5.74, 6) is 0.0312. The maximum absolute atomic E-state index is 12.3. The third-order valence-electron chi connectivity index (χ3n) is 4.14. The molecule has 0 spiro atoms. The molecule has 2 N–H and O–H groups in total. The summed E-state index contributed by atoms with van der Waals surface area (Å²) in [6, 6.07) is 2.54. The van der Waals surface area contributed by atoms with E-state index in [-0.39, 0.29) is 24.5 Å². The monoisotopic (exact) mass is 264 g/mol. The van der Waals surface area contributed by atoms with Gasteiger partial charge in [0.25, 0.3) is 5.91 Å². The van der Waals surface area contributed by atoms with Crippen molar-refractivity contribution in [2.75, 3.05) is 6.61 Å². The largest absolute Gasteiger partial charge is 0.396 e. The molecule has 2 atom stereocenters. The molecule has 0 aromatic carbocycles. The number of aromatic nitrogens is 1. The number of amides is 1. The van der Waals surface area contributed by atoms with Crippen LogP contribution in [-0.4, -0.2) is 28.2 Å². The second-order valence-electron chi connectivity index (χ2n) is 5.81. The number of aliphatic hydroxyl groups excluding tert-OH is 1. The molecule has 4 heteroatoms. The molecule has 106 valence electrons. The number of aliphatic hydroxyl groups is 1. The molecule has 0 saturated heterocycles. The summed E-state index contributed by atoms with van der Waals surface area (Å²) < 4.78 is 2.27. The third-order valence-corrected chi connectivity index (χ3v) is 4.14. The lowest BCUT2D eigenvalue weighted by molar-refractivity contribution is 0.0915. The van der Waals surface area contributed by atoms with E-state index in [1.54, 1.807) is 0 Å². The van der Waals surface area contributed by atoms with E-state index in [0.29, 0.717) is 6.04 Å². The van der Waals surface area contributed by atoms with Crippen molar-refractivity contribution < 1.29 is 9.90 Å². The summed E-state index contributed by atoms with van der Waals surface area (Å²) >= 11 is 0. The first-order valence-corrected chi connectivity index (χ1v) is 7.05. The van der Waals surface area contributed by atoms with Gasteiger partial charge in [-0.1, -0.05) is 6.92 Å². The Bertz CT molecular complexity index is 475. The molecule has 2 unspecified atom stereocenters. The lowest BCUT2D eigenvalue weighted by atomic mass is 10.0. The van der Waals surface area contributed by atoms with Gasteiger partial charge >= 0.3 is 0 Å². The van der Waals surface area contributed by atoms with Gasteiger partial charge in [0.15, 0.2) is 0 Å². The lowest BCUT2D eigenvalue weighted by Crippen LogP contribution is -2.38.